The molecule has 0 spiro atoms. The van der Waals surface area contributed by atoms with Gasteiger partial charge in [0.15, 0.2) is 23.2 Å². The first-order chi connectivity index (χ1) is 12.4. The van der Waals surface area contributed by atoms with Crippen LogP contribution in [0.4, 0.5) is 17.6 Å². The Bertz CT molecular complexity index is 861. The molecule has 0 saturated heterocycles. The lowest BCUT2D eigenvalue weighted by atomic mass is 9.99. The van der Waals surface area contributed by atoms with Crippen LogP contribution in [-0.4, -0.2) is 13.2 Å². The van der Waals surface area contributed by atoms with Gasteiger partial charge in [-0.05, 0) is 43.5 Å². The molecule has 0 amide bonds. The maximum absolute atomic E-state index is 14.6. The summed E-state index contributed by atoms with van der Waals surface area (Å²) in [6.45, 7) is 4.17. The van der Waals surface area contributed by atoms with Gasteiger partial charge in [-0.2, -0.15) is 4.39 Å². The summed E-state index contributed by atoms with van der Waals surface area (Å²) in [6.07, 6.45) is 2.39. The molecule has 2 aromatic rings. The van der Waals surface area contributed by atoms with Gasteiger partial charge in [0.2, 0.25) is 5.82 Å². The molecule has 2 nitrogen and oxygen atoms in total. The van der Waals surface area contributed by atoms with Crippen molar-refractivity contribution in [3.05, 3.63) is 59.2 Å². The number of halogens is 4. The number of rotatable bonds is 4. The van der Waals surface area contributed by atoms with Gasteiger partial charge in [0.05, 0.1) is 18.8 Å². The molecular formula is C20H18F4O2. The van der Waals surface area contributed by atoms with Crippen LogP contribution in [0.5, 0.6) is 5.75 Å². The van der Waals surface area contributed by atoms with Gasteiger partial charge in [0, 0.05) is 11.1 Å². The predicted octanol–water partition coefficient (Wildman–Crippen LogP) is 5.71. The molecular weight excluding hydrogens is 348 g/mol. The molecule has 0 aromatic heterocycles. The Morgan fingerprint density at radius 2 is 1.50 bits per heavy atom. The molecule has 6 heteroatoms. The van der Waals surface area contributed by atoms with Crippen LogP contribution in [0.15, 0.2) is 30.3 Å². The third-order valence-corrected chi connectivity index (χ3v) is 4.21. The Morgan fingerprint density at radius 3 is 2.12 bits per heavy atom. The molecule has 1 unspecified atom stereocenters. The minimum absolute atomic E-state index is 0.0371. The van der Waals surface area contributed by atoms with E-state index in [2.05, 4.69) is 0 Å². The van der Waals surface area contributed by atoms with Gasteiger partial charge in [-0.25, -0.2) is 13.2 Å². The largest absolute Gasteiger partial charge is 0.493 e. The zero-order valence-electron chi connectivity index (χ0n) is 14.4. The second-order valence-electron chi connectivity index (χ2n) is 6.18. The molecule has 1 aliphatic rings. The number of benzene rings is 2. The van der Waals surface area contributed by atoms with Crippen molar-refractivity contribution in [2.45, 2.75) is 20.3 Å². The average molecular weight is 366 g/mol. The zero-order chi connectivity index (χ0) is 18.8. The van der Waals surface area contributed by atoms with E-state index in [4.69, 9.17) is 9.47 Å². The van der Waals surface area contributed by atoms with Gasteiger partial charge in [-0.15, -0.1) is 0 Å². The predicted molar refractivity (Wildman–Crippen MR) is 90.6 cm³/mol. The molecule has 0 N–H and O–H groups in total. The number of hydrogen-bond acceptors (Lipinski definition) is 2. The number of hydrogen-bond donors (Lipinski definition) is 0. The Labute approximate surface area is 149 Å². The summed E-state index contributed by atoms with van der Waals surface area (Å²) in [5, 5.41) is 0. The lowest BCUT2D eigenvalue weighted by Gasteiger charge is -2.21. The van der Waals surface area contributed by atoms with E-state index in [0.717, 1.165) is 0 Å². The van der Waals surface area contributed by atoms with E-state index in [0.29, 0.717) is 18.9 Å². The van der Waals surface area contributed by atoms with Crippen LogP contribution in [-0.2, 0) is 4.74 Å². The summed E-state index contributed by atoms with van der Waals surface area (Å²) >= 11 is 0. The highest BCUT2D eigenvalue weighted by atomic mass is 19.2. The minimum atomic E-state index is -1.29. The summed E-state index contributed by atoms with van der Waals surface area (Å²) in [7, 11) is 0. The fourth-order valence-electron chi connectivity index (χ4n) is 2.81. The first-order valence-electron chi connectivity index (χ1n) is 8.36. The van der Waals surface area contributed by atoms with Crippen molar-refractivity contribution >= 4 is 5.76 Å². The molecule has 0 saturated carbocycles. The lowest BCUT2D eigenvalue weighted by Crippen LogP contribution is -2.11. The maximum Gasteiger partial charge on any atom is 0.201 e. The van der Waals surface area contributed by atoms with Crippen molar-refractivity contribution < 1.29 is 27.0 Å². The van der Waals surface area contributed by atoms with Crippen molar-refractivity contribution in [3.8, 4) is 16.9 Å². The van der Waals surface area contributed by atoms with E-state index >= 15 is 0 Å². The zero-order valence-corrected chi connectivity index (χ0v) is 14.4. The van der Waals surface area contributed by atoms with Gasteiger partial charge in [-0.1, -0.05) is 13.0 Å². The number of allylic oxidation sites excluding steroid dienone is 1. The average Bonchev–Trinajstić information content (AvgIpc) is 2.63. The Hall–Kier alpha value is -2.50. The van der Waals surface area contributed by atoms with Gasteiger partial charge in [-0.3, -0.25) is 0 Å². The monoisotopic (exact) mass is 366 g/mol. The number of ether oxygens (including phenoxy) is 2. The standard InChI is InChI=1S/C20H18F4O2/c1-3-25-16-9-7-13(18(22)20(16)24)12-5-6-14(19(23)17(12)21)15-8-4-11(2)10-26-15/h5-9,11H,3-4,10H2,1-2H3. The van der Waals surface area contributed by atoms with Gasteiger partial charge in [0.1, 0.15) is 5.76 Å². The smallest absolute Gasteiger partial charge is 0.201 e. The van der Waals surface area contributed by atoms with E-state index in [1.165, 1.54) is 24.3 Å². The fourth-order valence-corrected chi connectivity index (χ4v) is 2.81. The van der Waals surface area contributed by atoms with E-state index < -0.39 is 23.3 Å². The third-order valence-electron chi connectivity index (χ3n) is 4.21. The van der Waals surface area contributed by atoms with Crippen molar-refractivity contribution in [2.75, 3.05) is 13.2 Å². The van der Waals surface area contributed by atoms with Crippen LogP contribution in [0, 0.1) is 29.2 Å². The van der Waals surface area contributed by atoms with E-state index in [1.807, 2.05) is 6.92 Å². The van der Waals surface area contributed by atoms with Crippen LogP contribution in [0.25, 0.3) is 16.9 Å². The van der Waals surface area contributed by atoms with Crippen molar-refractivity contribution in [1.29, 1.82) is 0 Å². The molecule has 2 aromatic carbocycles. The van der Waals surface area contributed by atoms with Gasteiger partial charge >= 0.3 is 0 Å². The van der Waals surface area contributed by atoms with E-state index in [1.54, 1.807) is 13.0 Å². The Balaban J connectivity index is 2.03. The van der Waals surface area contributed by atoms with Crippen LogP contribution < -0.4 is 4.74 Å². The van der Waals surface area contributed by atoms with Crippen LogP contribution >= 0.6 is 0 Å². The highest BCUT2D eigenvalue weighted by molar-refractivity contribution is 5.70. The Kier molecular flexibility index (Phi) is 5.20. The van der Waals surface area contributed by atoms with Crippen LogP contribution in [0.2, 0.25) is 0 Å². The molecule has 1 heterocycles. The molecule has 0 radical (unpaired) electrons. The second kappa shape index (κ2) is 7.40. The first kappa shape index (κ1) is 18.3. The summed E-state index contributed by atoms with van der Waals surface area (Å²) in [5.41, 5.74) is -0.776. The van der Waals surface area contributed by atoms with Gasteiger partial charge in [0.25, 0.3) is 0 Å². The van der Waals surface area contributed by atoms with Crippen molar-refractivity contribution in [3.63, 3.8) is 0 Å². The lowest BCUT2D eigenvalue weighted by molar-refractivity contribution is 0.209. The Morgan fingerprint density at radius 1 is 0.923 bits per heavy atom. The maximum atomic E-state index is 14.6. The van der Waals surface area contributed by atoms with E-state index in [-0.39, 0.29) is 34.8 Å². The van der Waals surface area contributed by atoms with Crippen LogP contribution in [0.3, 0.4) is 0 Å². The SMILES string of the molecule is CCOc1ccc(-c2ccc(C3=CCC(C)CO3)c(F)c2F)c(F)c1F. The summed E-state index contributed by atoms with van der Waals surface area (Å²) in [5.74, 6) is -4.66. The molecule has 1 aliphatic heterocycles. The van der Waals surface area contributed by atoms with E-state index in [9.17, 15) is 17.6 Å². The van der Waals surface area contributed by atoms with Crippen molar-refractivity contribution in [1.82, 2.24) is 0 Å². The fraction of sp³-hybridized carbons (Fsp3) is 0.300. The normalized spacial score (nSPS) is 16.8. The second-order valence-corrected chi connectivity index (χ2v) is 6.18. The molecule has 1 atom stereocenters. The first-order valence-corrected chi connectivity index (χ1v) is 8.36. The molecule has 0 fully saturated rings. The third kappa shape index (κ3) is 3.28. The highest BCUT2D eigenvalue weighted by Crippen LogP contribution is 2.35. The molecule has 0 bridgehead atoms. The quantitative estimate of drug-likeness (QED) is 0.646. The molecule has 0 aliphatic carbocycles. The highest BCUT2D eigenvalue weighted by Gasteiger charge is 2.23. The summed E-state index contributed by atoms with van der Waals surface area (Å²) in [4.78, 5) is 0. The van der Waals surface area contributed by atoms with Gasteiger partial charge < -0.3 is 9.47 Å². The van der Waals surface area contributed by atoms with Crippen LogP contribution in [0.1, 0.15) is 25.8 Å². The molecule has 26 heavy (non-hydrogen) atoms. The topological polar surface area (TPSA) is 18.5 Å². The molecule has 138 valence electrons. The summed E-state index contributed by atoms with van der Waals surface area (Å²) in [6, 6.07) is 4.88. The molecule has 3 rings (SSSR count). The minimum Gasteiger partial charge on any atom is -0.493 e. The summed E-state index contributed by atoms with van der Waals surface area (Å²) < 4.78 is 67.8. The van der Waals surface area contributed by atoms with Crippen molar-refractivity contribution in [2.24, 2.45) is 5.92 Å².